The molecule has 1 aliphatic rings. The fourth-order valence-corrected chi connectivity index (χ4v) is 6.26. The molecule has 1 atom stereocenters. The van der Waals surface area contributed by atoms with Crippen LogP contribution in [0.2, 0.25) is 0 Å². The fourth-order valence-electron chi connectivity index (χ4n) is 2.62. The number of Topliss-reactive ketones (excluding diaryl/α,β-unsaturated/α-hetero) is 1. The van der Waals surface area contributed by atoms with Crippen molar-refractivity contribution >= 4 is 13.7 Å². The normalized spacial score (nSPS) is 22.4. The Balaban J connectivity index is 2.55. The van der Waals surface area contributed by atoms with Crippen LogP contribution in [0.5, 0.6) is 0 Å². The minimum absolute atomic E-state index is 0.0948. The van der Waals surface area contributed by atoms with Crippen LogP contribution in [-0.2, 0) is 4.79 Å². The molecular weight excluding hydrogens is 215 g/mol. The summed E-state index contributed by atoms with van der Waals surface area (Å²) in [6.45, 7) is 9.28. The molecule has 16 heavy (non-hydrogen) atoms. The van der Waals surface area contributed by atoms with Crippen LogP contribution in [0.1, 0.15) is 53.4 Å². The summed E-state index contributed by atoms with van der Waals surface area (Å²) in [6.07, 6.45) is 6.94. The standard InChI is InChI=1S/C14H27OP/c1-11(2)9-16(10-12(3)4)14-7-5-6-13(15)8-14/h11-12,14H,5-10H2,1-4H3. The van der Waals surface area contributed by atoms with Crippen LogP contribution in [0, 0.1) is 11.8 Å². The Morgan fingerprint density at radius 2 is 1.75 bits per heavy atom. The Hall–Kier alpha value is 0.100. The lowest BCUT2D eigenvalue weighted by molar-refractivity contribution is -0.120. The first kappa shape index (κ1) is 14.2. The first-order valence-electron chi connectivity index (χ1n) is 6.74. The molecule has 1 unspecified atom stereocenters. The van der Waals surface area contributed by atoms with Gasteiger partial charge in [0.1, 0.15) is 5.78 Å². The summed E-state index contributed by atoms with van der Waals surface area (Å²) in [6, 6.07) is 0. The summed E-state index contributed by atoms with van der Waals surface area (Å²) in [5.74, 6) is 2.11. The van der Waals surface area contributed by atoms with Crippen LogP contribution in [0.15, 0.2) is 0 Å². The Kier molecular flexibility index (Phi) is 5.97. The molecule has 2 heteroatoms. The highest BCUT2D eigenvalue weighted by Crippen LogP contribution is 2.49. The second kappa shape index (κ2) is 6.74. The molecule has 0 heterocycles. The maximum atomic E-state index is 11.6. The van der Waals surface area contributed by atoms with E-state index in [1.165, 1.54) is 18.7 Å². The third-order valence-corrected chi connectivity index (χ3v) is 7.04. The minimum Gasteiger partial charge on any atom is -0.300 e. The first-order valence-corrected chi connectivity index (χ1v) is 8.53. The maximum absolute atomic E-state index is 11.6. The van der Waals surface area contributed by atoms with E-state index < -0.39 is 0 Å². The Labute approximate surface area is 102 Å². The van der Waals surface area contributed by atoms with Crippen molar-refractivity contribution in [3.8, 4) is 0 Å². The molecular formula is C14H27OP. The molecule has 94 valence electrons. The van der Waals surface area contributed by atoms with Crippen molar-refractivity contribution in [3.05, 3.63) is 0 Å². The van der Waals surface area contributed by atoms with E-state index in [9.17, 15) is 4.79 Å². The lowest BCUT2D eigenvalue weighted by atomic mass is 9.99. The lowest BCUT2D eigenvalue weighted by Crippen LogP contribution is -2.22. The second-order valence-electron chi connectivity index (χ2n) is 6.03. The van der Waals surface area contributed by atoms with Crippen LogP contribution >= 0.6 is 7.92 Å². The Bertz CT molecular complexity index is 213. The van der Waals surface area contributed by atoms with Crippen molar-refractivity contribution in [3.63, 3.8) is 0 Å². The molecule has 0 bridgehead atoms. The summed E-state index contributed by atoms with van der Waals surface area (Å²) in [5.41, 5.74) is 0.751. The van der Waals surface area contributed by atoms with Gasteiger partial charge in [-0.15, -0.1) is 7.92 Å². The van der Waals surface area contributed by atoms with E-state index in [-0.39, 0.29) is 7.92 Å². The van der Waals surface area contributed by atoms with E-state index in [4.69, 9.17) is 0 Å². The summed E-state index contributed by atoms with van der Waals surface area (Å²) >= 11 is 0. The molecule has 0 radical (unpaired) electrons. The van der Waals surface area contributed by atoms with Crippen molar-refractivity contribution < 1.29 is 4.79 Å². The van der Waals surface area contributed by atoms with Gasteiger partial charge in [0.05, 0.1) is 0 Å². The summed E-state index contributed by atoms with van der Waals surface area (Å²) < 4.78 is 0. The van der Waals surface area contributed by atoms with E-state index in [0.29, 0.717) is 5.78 Å². The number of hydrogen-bond donors (Lipinski definition) is 0. The Morgan fingerprint density at radius 3 is 2.19 bits per heavy atom. The molecule has 0 aliphatic heterocycles. The molecule has 1 aliphatic carbocycles. The number of carbonyl (C=O) groups is 1. The van der Waals surface area contributed by atoms with Gasteiger partial charge in [0.2, 0.25) is 0 Å². The van der Waals surface area contributed by atoms with Crippen LogP contribution in [0.4, 0.5) is 0 Å². The molecule has 1 rings (SSSR count). The zero-order valence-corrected chi connectivity index (χ0v) is 12.2. The largest absolute Gasteiger partial charge is 0.300 e. The van der Waals surface area contributed by atoms with Crippen molar-refractivity contribution in [1.82, 2.24) is 0 Å². The molecule has 1 saturated carbocycles. The molecule has 0 amide bonds. The number of rotatable bonds is 5. The van der Waals surface area contributed by atoms with Crippen LogP contribution in [0.3, 0.4) is 0 Å². The molecule has 0 spiro atoms. The van der Waals surface area contributed by atoms with Gasteiger partial charge >= 0.3 is 0 Å². The topological polar surface area (TPSA) is 17.1 Å². The highest BCUT2D eigenvalue weighted by Gasteiger charge is 2.27. The number of ketones is 1. The molecule has 0 aromatic heterocycles. The zero-order chi connectivity index (χ0) is 12.1. The van der Waals surface area contributed by atoms with Gasteiger partial charge in [0.15, 0.2) is 0 Å². The van der Waals surface area contributed by atoms with Crippen LogP contribution in [0.25, 0.3) is 0 Å². The van der Waals surface area contributed by atoms with Gasteiger partial charge in [-0.1, -0.05) is 27.7 Å². The third kappa shape index (κ3) is 4.95. The summed E-state index contributed by atoms with van der Waals surface area (Å²) in [4.78, 5) is 11.6. The van der Waals surface area contributed by atoms with Gasteiger partial charge in [-0.25, -0.2) is 0 Å². The van der Waals surface area contributed by atoms with E-state index >= 15 is 0 Å². The zero-order valence-electron chi connectivity index (χ0n) is 11.3. The van der Waals surface area contributed by atoms with Gasteiger partial charge in [0, 0.05) is 12.8 Å². The fraction of sp³-hybridized carbons (Fsp3) is 0.929. The molecule has 0 aromatic carbocycles. The third-order valence-electron chi connectivity index (χ3n) is 3.17. The quantitative estimate of drug-likeness (QED) is 0.657. The van der Waals surface area contributed by atoms with Gasteiger partial charge in [-0.3, -0.25) is 4.79 Å². The van der Waals surface area contributed by atoms with E-state index in [1.807, 2.05) is 0 Å². The van der Waals surface area contributed by atoms with Crippen LogP contribution in [-0.4, -0.2) is 23.8 Å². The maximum Gasteiger partial charge on any atom is 0.133 e. The highest BCUT2D eigenvalue weighted by atomic mass is 31.1. The minimum atomic E-state index is 0.0948. The molecule has 0 saturated heterocycles. The molecule has 0 aromatic rings. The predicted molar refractivity (Wildman–Crippen MR) is 73.6 cm³/mol. The van der Waals surface area contributed by atoms with E-state index in [2.05, 4.69) is 27.7 Å². The smallest absolute Gasteiger partial charge is 0.133 e. The molecule has 0 N–H and O–H groups in total. The second-order valence-corrected chi connectivity index (χ2v) is 8.67. The predicted octanol–water partition coefficient (Wildman–Crippen LogP) is 4.29. The summed E-state index contributed by atoms with van der Waals surface area (Å²) in [5, 5.41) is 0. The van der Waals surface area contributed by atoms with Crippen LogP contribution < -0.4 is 0 Å². The van der Waals surface area contributed by atoms with Crippen molar-refractivity contribution in [1.29, 1.82) is 0 Å². The van der Waals surface area contributed by atoms with Crippen molar-refractivity contribution in [2.45, 2.75) is 59.0 Å². The van der Waals surface area contributed by atoms with E-state index in [0.717, 1.165) is 36.8 Å². The van der Waals surface area contributed by atoms with E-state index in [1.54, 1.807) is 0 Å². The average Bonchev–Trinajstić information content (AvgIpc) is 2.15. The average molecular weight is 242 g/mol. The van der Waals surface area contributed by atoms with Gasteiger partial charge in [-0.05, 0) is 42.7 Å². The number of carbonyl (C=O) groups excluding carboxylic acids is 1. The summed E-state index contributed by atoms with van der Waals surface area (Å²) in [7, 11) is 0.0948. The molecule has 1 fully saturated rings. The van der Waals surface area contributed by atoms with Crippen molar-refractivity contribution in [2.24, 2.45) is 11.8 Å². The van der Waals surface area contributed by atoms with Gasteiger partial charge in [0.25, 0.3) is 0 Å². The van der Waals surface area contributed by atoms with Gasteiger partial charge in [-0.2, -0.15) is 0 Å². The molecule has 1 nitrogen and oxygen atoms in total. The number of hydrogen-bond acceptors (Lipinski definition) is 1. The highest BCUT2D eigenvalue weighted by molar-refractivity contribution is 7.58. The first-order chi connectivity index (χ1) is 7.49. The lowest BCUT2D eigenvalue weighted by Gasteiger charge is -2.32. The monoisotopic (exact) mass is 242 g/mol. The van der Waals surface area contributed by atoms with Gasteiger partial charge < -0.3 is 0 Å². The Morgan fingerprint density at radius 1 is 1.19 bits per heavy atom. The SMILES string of the molecule is CC(C)CP(CC(C)C)C1CCCC(=O)C1. The van der Waals surface area contributed by atoms with Crippen molar-refractivity contribution in [2.75, 3.05) is 12.3 Å².